The van der Waals surface area contributed by atoms with Gasteiger partial charge in [0.25, 0.3) is 0 Å². The maximum absolute atomic E-state index is 12.0. The lowest BCUT2D eigenvalue weighted by molar-refractivity contribution is 0.564. The van der Waals surface area contributed by atoms with Crippen LogP contribution in [0.15, 0.2) is 22.6 Å². The Morgan fingerprint density at radius 2 is 2.12 bits per heavy atom. The smallest absolute Gasteiger partial charge is 0.187 e. The van der Waals surface area contributed by atoms with Gasteiger partial charge in [-0.2, -0.15) is 0 Å². The Morgan fingerprint density at radius 1 is 1.33 bits per heavy atom. The van der Waals surface area contributed by atoms with E-state index in [1.807, 2.05) is 0 Å². The van der Waals surface area contributed by atoms with Crippen LogP contribution in [-0.2, 0) is 11.1 Å². The van der Waals surface area contributed by atoms with E-state index in [0.29, 0.717) is 17.2 Å². The van der Waals surface area contributed by atoms with E-state index in [2.05, 4.69) is 18.2 Å². The molecule has 1 fully saturated rings. The summed E-state index contributed by atoms with van der Waals surface area (Å²) in [5.74, 6) is 0.630. The zero-order valence-corrected chi connectivity index (χ0v) is 14.3. The third-order valence-corrected chi connectivity index (χ3v) is 6.14. The van der Waals surface area contributed by atoms with Crippen molar-refractivity contribution in [3.8, 4) is 0 Å². The Bertz CT molecular complexity index is 793. The minimum atomic E-state index is -2.05. The predicted molar refractivity (Wildman–Crippen MR) is 97.5 cm³/mol. The van der Waals surface area contributed by atoms with Crippen LogP contribution in [0.2, 0.25) is 0 Å². The van der Waals surface area contributed by atoms with E-state index < -0.39 is 11.1 Å². The number of rotatable bonds is 3. The Morgan fingerprint density at radius 3 is 2.79 bits per heavy atom. The summed E-state index contributed by atoms with van der Waals surface area (Å²) < 4.78 is 21.8. The van der Waals surface area contributed by atoms with Crippen molar-refractivity contribution in [3.05, 3.63) is 40.0 Å². The van der Waals surface area contributed by atoms with Crippen LogP contribution < -0.4 is 5.73 Å². The molecule has 1 aromatic rings. The van der Waals surface area contributed by atoms with Crippen LogP contribution in [0, 0.1) is 11.3 Å². The normalized spacial score (nSPS) is 30.3. The van der Waals surface area contributed by atoms with Crippen molar-refractivity contribution in [2.45, 2.75) is 49.0 Å². The van der Waals surface area contributed by atoms with Gasteiger partial charge >= 0.3 is 0 Å². The highest BCUT2D eigenvalue weighted by Gasteiger charge is 2.33. The second-order valence-electron chi connectivity index (χ2n) is 7.00. The van der Waals surface area contributed by atoms with E-state index in [0.717, 1.165) is 35.1 Å². The fourth-order valence-corrected chi connectivity index (χ4v) is 4.66. The summed E-state index contributed by atoms with van der Waals surface area (Å²) in [6, 6.07) is 1.62. The van der Waals surface area contributed by atoms with Gasteiger partial charge < -0.3 is 15.7 Å². The van der Waals surface area contributed by atoms with E-state index in [1.165, 1.54) is 24.6 Å². The average molecular weight is 342 g/mol. The summed E-state index contributed by atoms with van der Waals surface area (Å²) in [7, 11) is 0. The van der Waals surface area contributed by atoms with Gasteiger partial charge in [-0.25, -0.2) is 4.21 Å². The van der Waals surface area contributed by atoms with Crippen molar-refractivity contribution in [3.63, 3.8) is 0 Å². The molecule has 3 aliphatic carbocycles. The molecule has 0 radical (unpaired) electrons. The zero-order chi connectivity index (χ0) is 16.8. The van der Waals surface area contributed by atoms with Crippen molar-refractivity contribution in [1.29, 1.82) is 5.41 Å². The van der Waals surface area contributed by atoms with Gasteiger partial charge in [-0.15, -0.1) is 0 Å². The van der Waals surface area contributed by atoms with Crippen molar-refractivity contribution >= 4 is 29.4 Å². The van der Waals surface area contributed by atoms with Crippen LogP contribution in [-0.4, -0.2) is 15.0 Å². The number of benzene rings is 1. The number of hydrogen-bond donors (Lipinski definition) is 3. The van der Waals surface area contributed by atoms with Crippen molar-refractivity contribution in [2.24, 2.45) is 11.7 Å². The number of nitrogens with one attached hydrogen (secondary N) is 1. The van der Waals surface area contributed by atoms with Gasteiger partial charge in [0.05, 0.1) is 4.90 Å². The standard InChI is InChI=1S/C19H22N2O2S/c20-10-13-8-17(21)16-9-18(24(22)23)15-7-12(11-5-6-11)3-1-2-4-14(15)19(13)16/h2,4,7,9-11,13,17,20H,1,3,5-6,8,21H2,(H,22,23)/b4-2-,12-7+,20-10?/t13-,17-/m1/s1. The fourth-order valence-electron chi connectivity index (χ4n) is 4.08. The molecule has 0 saturated heterocycles. The molecule has 0 amide bonds. The molecule has 0 aliphatic heterocycles. The third-order valence-electron chi connectivity index (χ3n) is 5.43. The second-order valence-corrected chi connectivity index (χ2v) is 7.94. The lowest BCUT2D eigenvalue weighted by atomic mass is 9.88. The summed E-state index contributed by atoms with van der Waals surface area (Å²) in [4.78, 5) is 0.453. The first kappa shape index (κ1) is 15.9. The summed E-state index contributed by atoms with van der Waals surface area (Å²) in [6.07, 6.45) is 13.0. The molecular weight excluding hydrogens is 320 g/mol. The van der Waals surface area contributed by atoms with Crippen LogP contribution in [0.4, 0.5) is 0 Å². The highest BCUT2D eigenvalue weighted by atomic mass is 32.2. The maximum atomic E-state index is 12.0. The Labute approximate surface area is 144 Å². The molecule has 0 bridgehead atoms. The number of fused-ring (bicyclic) bond motifs is 3. The predicted octanol–water partition coefficient (Wildman–Crippen LogP) is 4.00. The van der Waals surface area contributed by atoms with E-state index in [-0.39, 0.29) is 12.0 Å². The molecule has 5 heteroatoms. The highest BCUT2D eigenvalue weighted by Crippen LogP contribution is 2.46. The molecule has 4 N–H and O–H groups in total. The minimum absolute atomic E-state index is 0.00761. The molecule has 1 unspecified atom stereocenters. The first-order chi connectivity index (χ1) is 11.6. The molecule has 3 aliphatic rings. The van der Waals surface area contributed by atoms with Gasteiger partial charge in [-0.3, -0.25) is 0 Å². The van der Waals surface area contributed by atoms with Crippen LogP contribution in [0.25, 0.3) is 12.2 Å². The molecule has 4 nitrogen and oxygen atoms in total. The molecule has 24 heavy (non-hydrogen) atoms. The number of allylic oxidation sites excluding steroid dienone is 2. The van der Waals surface area contributed by atoms with Gasteiger partial charge in [0, 0.05) is 23.7 Å². The van der Waals surface area contributed by atoms with Gasteiger partial charge in [0.1, 0.15) is 0 Å². The quantitative estimate of drug-likeness (QED) is 0.573. The molecule has 4 rings (SSSR count). The minimum Gasteiger partial charge on any atom is -0.324 e. The van der Waals surface area contributed by atoms with Crippen LogP contribution >= 0.6 is 0 Å². The second kappa shape index (κ2) is 6.06. The van der Waals surface area contributed by atoms with Gasteiger partial charge in [0.2, 0.25) is 0 Å². The van der Waals surface area contributed by atoms with Crippen molar-refractivity contribution in [1.82, 2.24) is 0 Å². The Balaban J connectivity index is 2.01. The zero-order valence-electron chi connectivity index (χ0n) is 13.5. The number of hydrogen-bond acceptors (Lipinski definition) is 3. The molecule has 1 aromatic carbocycles. The summed E-state index contributed by atoms with van der Waals surface area (Å²) >= 11 is -2.05. The van der Waals surface area contributed by atoms with Crippen LogP contribution in [0.5, 0.6) is 0 Å². The topological polar surface area (TPSA) is 87.2 Å². The summed E-state index contributed by atoms with van der Waals surface area (Å²) in [5, 5.41) is 7.76. The molecule has 3 atom stereocenters. The molecule has 126 valence electrons. The molecular formula is C19H22N2O2S. The fraction of sp³-hybridized carbons (Fsp3) is 0.421. The summed E-state index contributed by atoms with van der Waals surface area (Å²) in [6.45, 7) is 0. The molecule has 0 heterocycles. The molecule has 1 saturated carbocycles. The first-order valence-electron chi connectivity index (χ1n) is 8.55. The third kappa shape index (κ3) is 2.61. The summed E-state index contributed by atoms with van der Waals surface area (Å²) in [5.41, 5.74) is 11.5. The van der Waals surface area contributed by atoms with Crippen LogP contribution in [0.1, 0.15) is 66.3 Å². The lowest BCUT2D eigenvalue weighted by Crippen LogP contribution is -2.08. The monoisotopic (exact) mass is 342 g/mol. The Kier molecular flexibility index (Phi) is 4.03. The van der Waals surface area contributed by atoms with Crippen molar-refractivity contribution in [2.75, 3.05) is 0 Å². The van der Waals surface area contributed by atoms with E-state index in [1.54, 1.807) is 6.07 Å². The van der Waals surface area contributed by atoms with E-state index >= 15 is 0 Å². The first-order valence-corrected chi connectivity index (χ1v) is 9.65. The van der Waals surface area contributed by atoms with Crippen molar-refractivity contribution < 1.29 is 8.76 Å². The molecule has 0 spiro atoms. The highest BCUT2D eigenvalue weighted by molar-refractivity contribution is 7.79. The van der Waals surface area contributed by atoms with Gasteiger partial charge in [-0.05, 0) is 60.8 Å². The average Bonchev–Trinajstić information content (AvgIpc) is 3.31. The van der Waals surface area contributed by atoms with E-state index in [9.17, 15) is 8.76 Å². The lowest BCUT2D eigenvalue weighted by Gasteiger charge is -2.19. The largest absolute Gasteiger partial charge is 0.324 e. The van der Waals surface area contributed by atoms with Crippen LogP contribution in [0.3, 0.4) is 0 Å². The van der Waals surface area contributed by atoms with Gasteiger partial charge in [-0.1, -0.05) is 23.8 Å². The SMILES string of the molecule is N=C[C@H]1C[C@@H](N)c2cc(S(=O)O)c3c(c21)/C=C\CC/C(C1CC1)=C\3. The Hall–Kier alpha value is -1.56. The van der Waals surface area contributed by atoms with E-state index in [4.69, 9.17) is 11.1 Å². The number of nitrogens with two attached hydrogens (primary N) is 1. The maximum Gasteiger partial charge on any atom is 0.187 e. The molecule has 0 aromatic heterocycles. The van der Waals surface area contributed by atoms with Gasteiger partial charge in [0.15, 0.2) is 11.1 Å².